The van der Waals surface area contributed by atoms with Crippen LogP contribution in [0.4, 0.5) is 0 Å². The van der Waals surface area contributed by atoms with Crippen LogP contribution in [-0.4, -0.2) is 14.1 Å². The SMILES string of the molecule is CC(C)(C)c1ccnc(-n2c3ccccc3c3ccc(Oc4cccc(-n5[c-][n+]6c7c(cccc75)-c5ccccc5-c5cccc(-c7ccc8c(c7)C7(c9ccccc9-c9ccccc97)c7ccccc7-8)c5-c5ccccc5-6)c4)cc32)c1. The molecule has 11 aromatic carbocycles. The topological polar surface area (TPSA) is 35.9 Å². The van der Waals surface area contributed by atoms with Gasteiger partial charge in [-0.15, -0.1) is 0 Å². The molecule has 0 saturated carbocycles. The minimum atomic E-state index is -0.463. The van der Waals surface area contributed by atoms with Gasteiger partial charge in [-0.3, -0.25) is 13.7 Å². The average Bonchev–Trinajstić information content (AvgIpc) is 2.00. The van der Waals surface area contributed by atoms with Gasteiger partial charge >= 0.3 is 0 Å². The van der Waals surface area contributed by atoms with Crippen LogP contribution in [0.2, 0.25) is 0 Å². The van der Waals surface area contributed by atoms with Crippen molar-refractivity contribution in [2.45, 2.75) is 31.6 Å². The second-order valence-electron chi connectivity index (χ2n) is 23.2. The molecular weight excluding hydrogens is 997 g/mol. The number of benzene rings is 11. The molecule has 2 aliphatic carbocycles. The van der Waals surface area contributed by atoms with Crippen molar-refractivity contribution < 1.29 is 9.30 Å². The third kappa shape index (κ3) is 6.56. The summed E-state index contributed by atoms with van der Waals surface area (Å²) < 4.78 is 13.7. The zero-order valence-electron chi connectivity index (χ0n) is 45.5. The van der Waals surface area contributed by atoms with Crippen LogP contribution in [-0.2, 0) is 10.8 Å². The van der Waals surface area contributed by atoms with Crippen molar-refractivity contribution in [3.8, 4) is 95.5 Å². The van der Waals surface area contributed by atoms with E-state index in [4.69, 9.17) is 9.72 Å². The summed E-state index contributed by atoms with van der Waals surface area (Å²) in [5, 5.41) is 2.32. The van der Waals surface area contributed by atoms with Gasteiger partial charge in [0.25, 0.3) is 6.33 Å². The Morgan fingerprint density at radius 3 is 1.76 bits per heavy atom. The second-order valence-corrected chi connectivity index (χ2v) is 23.2. The first-order valence-electron chi connectivity index (χ1n) is 28.4. The van der Waals surface area contributed by atoms with Crippen LogP contribution in [0.5, 0.6) is 11.5 Å². The van der Waals surface area contributed by atoms with Crippen molar-refractivity contribution in [1.82, 2.24) is 14.1 Å². The highest BCUT2D eigenvalue weighted by Gasteiger charge is 2.51. The van der Waals surface area contributed by atoms with E-state index in [1.807, 2.05) is 12.3 Å². The molecule has 1 spiro atoms. The molecule has 0 N–H and O–H groups in total. The van der Waals surface area contributed by atoms with Crippen molar-refractivity contribution in [2.75, 3.05) is 0 Å². The predicted octanol–water partition coefficient (Wildman–Crippen LogP) is 18.6. The number of aromatic nitrogens is 4. The largest absolute Gasteiger partial charge is 0.458 e. The molecule has 0 fully saturated rings. The lowest BCUT2D eigenvalue weighted by Crippen LogP contribution is -2.30. The molecule has 4 heterocycles. The number of hydrogen-bond donors (Lipinski definition) is 0. The number of hydrogen-bond acceptors (Lipinski definition) is 2. The molecule has 3 aromatic heterocycles. The Labute approximate surface area is 475 Å². The molecule has 0 radical (unpaired) electrons. The van der Waals surface area contributed by atoms with Gasteiger partial charge in [-0.05, 0) is 161 Å². The third-order valence-electron chi connectivity index (χ3n) is 17.8. The number of rotatable bonds is 5. The molecule has 82 heavy (non-hydrogen) atoms. The van der Waals surface area contributed by atoms with Crippen LogP contribution in [0.3, 0.4) is 0 Å². The Hall–Kier alpha value is -10.4. The second kappa shape index (κ2) is 17.3. The van der Waals surface area contributed by atoms with Crippen molar-refractivity contribution in [3.05, 3.63) is 295 Å². The van der Waals surface area contributed by atoms with Gasteiger partial charge in [0.15, 0.2) is 0 Å². The summed E-state index contributed by atoms with van der Waals surface area (Å²) in [4.78, 5) is 4.93. The summed E-state index contributed by atoms with van der Waals surface area (Å²) in [7, 11) is 0. The van der Waals surface area contributed by atoms with Crippen molar-refractivity contribution in [2.24, 2.45) is 0 Å². The van der Waals surface area contributed by atoms with Gasteiger partial charge in [0.2, 0.25) is 0 Å². The molecule has 0 amide bonds. The molecule has 5 heteroatoms. The Kier molecular flexibility index (Phi) is 9.83. The Morgan fingerprint density at radius 2 is 1.00 bits per heavy atom. The van der Waals surface area contributed by atoms with E-state index in [1.165, 1.54) is 83.3 Å². The molecule has 1 aliphatic heterocycles. The summed E-state index contributed by atoms with van der Waals surface area (Å²) >= 11 is 0. The molecule has 17 rings (SSSR count). The monoisotopic (exact) mass is 1050 g/mol. The fourth-order valence-electron chi connectivity index (χ4n) is 14.2. The third-order valence-corrected chi connectivity index (χ3v) is 17.8. The molecule has 0 bridgehead atoms. The molecule has 5 nitrogen and oxygen atoms in total. The van der Waals surface area contributed by atoms with E-state index in [1.54, 1.807) is 0 Å². The van der Waals surface area contributed by atoms with Gasteiger partial charge in [-0.2, -0.15) is 0 Å². The van der Waals surface area contributed by atoms with Crippen LogP contribution in [0.15, 0.2) is 261 Å². The van der Waals surface area contributed by atoms with Crippen LogP contribution < -0.4 is 9.30 Å². The van der Waals surface area contributed by atoms with E-state index < -0.39 is 5.41 Å². The summed E-state index contributed by atoms with van der Waals surface area (Å²) in [5.41, 5.74) is 26.8. The maximum atomic E-state index is 6.89. The first kappa shape index (κ1) is 46.5. The van der Waals surface area contributed by atoms with Gasteiger partial charge < -0.3 is 4.74 Å². The highest BCUT2D eigenvalue weighted by Crippen LogP contribution is 2.63. The first-order chi connectivity index (χ1) is 40.3. The first-order valence-corrected chi connectivity index (χ1v) is 28.4. The predicted molar refractivity (Wildman–Crippen MR) is 333 cm³/mol. The number of imidazole rings is 1. The summed E-state index contributed by atoms with van der Waals surface area (Å²) in [6.45, 7) is 6.73. The zero-order valence-corrected chi connectivity index (χ0v) is 45.5. The maximum Gasteiger partial charge on any atom is 0.269 e. The minimum absolute atomic E-state index is 0.0306. The van der Waals surface area contributed by atoms with Gasteiger partial charge in [0.1, 0.15) is 17.3 Å². The standard InChI is InChI=1S/C77H52N4O/c1-76(2,3)49-41-42-78-73(44-49)81-70-35-15-9-26-60(70)61-40-38-52(46-72(61)81)82-51-20-16-19-50(45-51)79-47-80-69-34-14-10-27-64(69)74-53(28-17-29-62(74)54-21-4-5-22-55(54)63-30-18-36-71(79)75(63)80)48-37-39-59-58-25-8-13-33-67(58)77(68(59)43-48)65-31-11-6-23-56(65)57-24-7-12-32-66(57)77/h4-46H,1-3H3. The molecule has 0 atom stereocenters. The number of para-hydroxylation sites is 3. The Balaban J connectivity index is 0.824. The minimum Gasteiger partial charge on any atom is -0.458 e. The molecule has 3 aliphatic rings. The normalized spacial score (nSPS) is 13.2. The van der Waals surface area contributed by atoms with Crippen molar-refractivity contribution in [1.29, 1.82) is 0 Å². The van der Waals surface area contributed by atoms with Gasteiger partial charge in [0.05, 0.1) is 38.9 Å². The van der Waals surface area contributed by atoms with E-state index in [0.717, 1.165) is 72.8 Å². The Bertz CT molecular complexity index is 4960. The van der Waals surface area contributed by atoms with E-state index in [2.05, 4.69) is 290 Å². The molecule has 0 saturated heterocycles. The number of nitrogens with zero attached hydrogens (tertiary/aromatic N) is 4. The number of fused-ring (bicyclic) bond motifs is 20. The quantitative estimate of drug-likeness (QED) is 0.127. The van der Waals surface area contributed by atoms with Gasteiger partial charge in [-0.25, -0.2) is 4.98 Å². The summed E-state index contributed by atoms with van der Waals surface area (Å²) in [6.07, 6.45) is 5.88. The lowest BCUT2D eigenvalue weighted by molar-refractivity contribution is -0.571. The van der Waals surface area contributed by atoms with Gasteiger partial charge in [-0.1, -0.05) is 209 Å². The molecular formula is C77H52N4O. The molecule has 386 valence electrons. The van der Waals surface area contributed by atoms with E-state index in [-0.39, 0.29) is 5.41 Å². The fourth-order valence-corrected chi connectivity index (χ4v) is 14.2. The van der Waals surface area contributed by atoms with E-state index >= 15 is 0 Å². The highest BCUT2D eigenvalue weighted by molar-refractivity contribution is 6.10. The van der Waals surface area contributed by atoms with E-state index in [9.17, 15) is 0 Å². The Morgan fingerprint density at radius 1 is 0.427 bits per heavy atom. The highest BCUT2D eigenvalue weighted by atomic mass is 16.5. The number of ether oxygens (including phenoxy) is 1. The summed E-state index contributed by atoms with van der Waals surface area (Å²) in [5.74, 6) is 2.34. The lowest BCUT2D eigenvalue weighted by Gasteiger charge is -2.31. The zero-order chi connectivity index (χ0) is 54.4. The fraction of sp³-hybridized carbons (Fsp3) is 0.0649. The van der Waals surface area contributed by atoms with Crippen molar-refractivity contribution in [3.63, 3.8) is 0 Å². The lowest BCUT2D eigenvalue weighted by atomic mass is 9.70. The molecule has 14 aromatic rings. The van der Waals surface area contributed by atoms with E-state index in [0.29, 0.717) is 0 Å². The van der Waals surface area contributed by atoms with Crippen LogP contribution >= 0.6 is 0 Å². The number of pyridine rings is 1. The summed E-state index contributed by atoms with van der Waals surface area (Å²) in [6, 6.07) is 93.5. The van der Waals surface area contributed by atoms with Crippen LogP contribution in [0.25, 0.3) is 117 Å². The smallest absolute Gasteiger partial charge is 0.269 e. The average molecular weight is 1050 g/mol. The molecule has 0 unspecified atom stereocenters. The van der Waals surface area contributed by atoms with Crippen LogP contribution in [0, 0.1) is 6.33 Å². The van der Waals surface area contributed by atoms with Crippen LogP contribution in [0.1, 0.15) is 48.6 Å². The maximum absolute atomic E-state index is 6.89. The van der Waals surface area contributed by atoms with Crippen molar-refractivity contribution >= 4 is 32.8 Å². The van der Waals surface area contributed by atoms with Gasteiger partial charge in [0, 0.05) is 23.0 Å².